The number of amides is 2. The molecule has 1 aromatic carbocycles. The summed E-state index contributed by atoms with van der Waals surface area (Å²) in [5.41, 5.74) is 9.00. The van der Waals surface area contributed by atoms with E-state index in [1.54, 1.807) is 12.1 Å². The van der Waals surface area contributed by atoms with Crippen LogP contribution in [0.2, 0.25) is 10.0 Å². The normalized spacial score (nSPS) is 11.9. The Bertz CT molecular complexity index is 556. The zero-order chi connectivity index (χ0) is 16.4. The third-order valence-electron chi connectivity index (χ3n) is 3.01. The highest BCUT2D eigenvalue weighted by atomic mass is 35.5. The lowest BCUT2D eigenvalue weighted by molar-refractivity contribution is 0.249. The summed E-state index contributed by atoms with van der Waals surface area (Å²) in [6.07, 6.45) is 9.01. The van der Waals surface area contributed by atoms with E-state index < -0.39 is 6.03 Å². The summed E-state index contributed by atoms with van der Waals surface area (Å²) in [7, 11) is 0. The predicted molar refractivity (Wildman–Crippen MR) is 94.4 cm³/mol. The van der Waals surface area contributed by atoms with Crippen molar-refractivity contribution in [2.24, 2.45) is 10.8 Å². The molecule has 2 amide bonds. The van der Waals surface area contributed by atoms with Crippen LogP contribution in [0.5, 0.6) is 0 Å². The molecule has 3 N–H and O–H groups in total. The van der Waals surface area contributed by atoms with Crippen molar-refractivity contribution in [3.8, 4) is 0 Å². The number of allylic oxidation sites excluding steroid dienone is 1. The minimum Gasteiger partial charge on any atom is -0.350 e. The summed E-state index contributed by atoms with van der Waals surface area (Å²) >= 11 is 11.9. The van der Waals surface area contributed by atoms with Crippen LogP contribution in [-0.4, -0.2) is 11.7 Å². The number of carbonyl (C=O) groups excluding carboxylic acids is 1. The summed E-state index contributed by atoms with van der Waals surface area (Å²) in [4.78, 5) is 10.8. The quantitative estimate of drug-likeness (QED) is 0.390. The van der Waals surface area contributed by atoms with Crippen LogP contribution in [0.4, 0.5) is 4.79 Å². The largest absolute Gasteiger partial charge is 0.350 e. The second kappa shape index (κ2) is 10.2. The average molecular weight is 342 g/mol. The Morgan fingerprint density at radius 2 is 2.05 bits per heavy atom. The fraction of sp³-hybridized carbons (Fsp3) is 0.375. The number of nitrogens with two attached hydrogens (primary N) is 1. The number of hydrogen-bond acceptors (Lipinski definition) is 2. The minimum atomic E-state index is -0.672. The van der Waals surface area contributed by atoms with Crippen molar-refractivity contribution in [3.05, 3.63) is 39.9 Å². The van der Waals surface area contributed by atoms with Gasteiger partial charge in [0.05, 0.1) is 15.8 Å². The summed E-state index contributed by atoms with van der Waals surface area (Å²) < 4.78 is 0. The lowest BCUT2D eigenvalue weighted by Gasteiger charge is -2.03. The molecule has 0 radical (unpaired) electrons. The molecule has 6 heteroatoms. The second-order valence-electron chi connectivity index (χ2n) is 4.90. The van der Waals surface area contributed by atoms with E-state index in [2.05, 4.69) is 17.5 Å². The van der Waals surface area contributed by atoms with Crippen LogP contribution in [0.25, 0.3) is 6.08 Å². The maximum absolute atomic E-state index is 10.8. The van der Waals surface area contributed by atoms with E-state index >= 15 is 0 Å². The molecule has 0 fully saturated rings. The van der Waals surface area contributed by atoms with Crippen molar-refractivity contribution >= 4 is 41.0 Å². The molecule has 0 saturated carbocycles. The van der Waals surface area contributed by atoms with Gasteiger partial charge in [0.1, 0.15) is 0 Å². The molecule has 0 spiro atoms. The molecule has 22 heavy (non-hydrogen) atoms. The van der Waals surface area contributed by atoms with E-state index in [1.807, 2.05) is 18.2 Å². The molecule has 0 aliphatic rings. The van der Waals surface area contributed by atoms with Crippen LogP contribution in [0.15, 0.2) is 29.4 Å². The molecule has 1 rings (SSSR count). The molecule has 0 bridgehead atoms. The first kappa shape index (κ1) is 18.5. The summed E-state index contributed by atoms with van der Waals surface area (Å²) in [5.74, 6) is 0. The number of hydrogen-bond donors (Lipinski definition) is 2. The van der Waals surface area contributed by atoms with Gasteiger partial charge in [-0.2, -0.15) is 5.10 Å². The van der Waals surface area contributed by atoms with Gasteiger partial charge in [-0.25, -0.2) is 10.2 Å². The fourth-order valence-corrected chi connectivity index (χ4v) is 2.15. The van der Waals surface area contributed by atoms with Crippen LogP contribution in [-0.2, 0) is 0 Å². The molecule has 0 saturated heterocycles. The third-order valence-corrected chi connectivity index (χ3v) is 3.75. The van der Waals surface area contributed by atoms with E-state index in [1.165, 1.54) is 12.8 Å². The topological polar surface area (TPSA) is 67.5 Å². The number of primary amides is 1. The van der Waals surface area contributed by atoms with E-state index in [0.29, 0.717) is 10.0 Å². The number of benzene rings is 1. The Labute approximate surface area is 141 Å². The standard InChI is InChI=1S/C16H21Cl2N3O/c1-2-3-4-5-6-13(20-21-16(19)22)9-7-12-8-10-14(17)15(18)11-12/h7-11H,2-6H2,1H3,(H3,19,21,22)/b9-7+,20-13-. The molecule has 0 aliphatic carbocycles. The first-order chi connectivity index (χ1) is 10.5. The molecule has 120 valence electrons. The van der Waals surface area contributed by atoms with Gasteiger partial charge in [-0.1, -0.05) is 61.5 Å². The van der Waals surface area contributed by atoms with Crippen molar-refractivity contribution in [2.75, 3.05) is 0 Å². The van der Waals surface area contributed by atoms with Crippen LogP contribution in [0.3, 0.4) is 0 Å². The Balaban J connectivity index is 2.72. The molecular formula is C16H21Cl2N3O. The Morgan fingerprint density at radius 1 is 1.27 bits per heavy atom. The molecule has 0 aliphatic heterocycles. The van der Waals surface area contributed by atoms with E-state index in [9.17, 15) is 4.79 Å². The number of urea groups is 1. The second-order valence-corrected chi connectivity index (χ2v) is 5.71. The summed E-state index contributed by atoms with van der Waals surface area (Å²) in [6.45, 7) is 2.16. The summed E-state index contributed by atoms with van der Waals surface area (Å²) in [6, 6.07) is 4.70. The molecule has 0 heterocycles. The molecular weight excluding hydrogens is 321 g/mol. The monoisotopic (exact) mass is 341 g/mol. The zero-order valence-electron chi connectivity index (χ0n) is 12.6. The minimum absolute atomic E-state index is 0.500. The van der Waals surface area contributed by atoms with E-state index in [4.69, 9.17) is 28.9 Å². The van der Waals surface area contributed by atoms with E-state index in [-0.39, 0.29) is 0 Å². The van der Waals surface area contributed by atoms with Gasteiger partial charge in [0, 0.05) is 0 Å². The smallest absolute Gasteiger partial charge is 0.332 e. The van der Waals surface area contributed by atoms with Crippen LogP contribution < -0.4 is 11.2 Å². The maximum Gasteiger partial charge on any atom is 0.332 e. The lowest BCUT2D eigenvalue weighted by Crippen LogP contribution is -2.25. The van der Waals surface area contributed by atoms with Crippen LogP contribution >= 0.6 is 23.2 Å². The van der Waals surface area contributed by atoms with Crippen molar-refractivity contribution in [1.29, 1.82) is 0 Å². The number of nitrogens with one attached hydrogen (secondary N) is 1. The predicted octanol–water partition coefficient (Wildman–Crippen LogP) is 5.00. The SMILES string of the molecule is CCCCCCC(/C=C/c1ccc(Cl)c(Cl)c1)=N/NC(N)=O. The Kier molecular flexibility index (Phi) is 8.63. The highest BCUT2D eigenvalue weighted by Gasteiger charge is 2.00. The van der Waals surface area contributed by atoms with Gasteiger partial charge in [-0.15, -0.1) is 0 Å². The van der Waals surface area contributed by atoms with Gasteiger partial charge in [-0.05, 0) is 36.6 Å². The molecule has 0 unspecified atom stereocenters. The van der Waals surface area contributed by atoms with Gasteiger partial charge in [-0.3, -0.25) is 0 Å². The number of rotatable bonds is 8. The van der Waals surface area contributed by atoms with E-state index in [0.717, 1.165) is 30.5 Å². The molecule has 0 atom stereocenters. The zero-order valence-corrected chi connectivity index (χ0v) is 14.1. The van der Waals surface area contributed by atoms with Crippen molar-refractivity contribution < 1.29 is 4.79 Å². The van der Waals surface area contributed by atoms with Crippen molar-refractivity contribution in [2.45, 2.75) is 39.0 Å². The van der Waals surface area contributed by atoms with Gasteiger partial charge in [0.15, 0.2) is 0 Å². The molecule has 1 aromatic rings. The maximum atomic E-state index is 10.8. The summed E-state index contributed by atoms with van der Waals surface area (Å²) in [5, 5.41) is 5.04. The van der Waals surface area contributed by atoms with Gasteiger partial charge >= 0.3 is 6.03 Å². The number of unbranched alkanes of at least 4 members (excludes halogenated alkanes) is 3. The highest BCUT2D eigenvalue weighted by molar-refractivity contribution is 6.42. The fourth-order valence-electron chi connectivity index (χ4n) is 1.84. The highest BCUT2D eigenvalue weighted by Crippen LogP contribution is 2.23. The lowest BCUT2D eigenvalue weighted by atomic mass is 10.1. The number of nitrogens with zero attached hydrogens (tertiary/aromatic N) is 1. The van der Waals surface area contributed by atoms with Crippen LogP contribution in [0.1, 0.15) is 44.6 Å². The average Bonchev–Trinajstić information content (AvgIpc) is 2.48. The van der Waals surface area contributed by atoms with Gasteiger partial charge in [0.2, 0.25) is 0 Å². The molecule has 4 nitrogen and oxygen atoms in total. The van der Waals surface area contributed by atoms with Crippen molar-refractivity contribution in [3.63, 3.8) is 0 Å². The number of halogens is 2. The van der Waals surface area contributed by atoms with Crippen molar-refractivity contribution in [1.82, 2.24) is 5.43 Å². The number of carbonyl (C=O) groups is 1. The van der Waals surface area contributed by atoms with Crippen LogP contribution in [0, 0.1) is 0 Å². The third kappa shape index (κ3) is 7.48. The first-order valence-electron chi connectivity index (χ1n) is 7.28. The Hall–Kier alpha value is -1.52. The first-order valence-corrected chi connectivity index (χ1v) is 8.03. The number of hydrazone groups is 1. The Morgan fingerprint density at radius 3 is 2.68 bits per heavy atom. The van der Waals surface area contributed by atoms with Gasteiger partial charge < -0.3 is 5.73 Å². The molecule has 0 aromatic heterocycles. The van der Waals surface area contributed by atoms with Gasteiger partial charge in [0.25, 0.3) is 0 Å².